The van der Waals surface area contributed by atoms with E-state index in [9.17, 15) is 0 Å². The van der Waals surface area contributed by atoms with Crippen molar-refractivity contribution in [3.8, 4) is 0 Å². The van der Waals surface area contributed by atoms with Gasteiger partial charge in [-0.2, -0.15) is 0 Å². The standard InChI is InChI=1S/C17H26N4/c1-2-9-20(8-1)16-6-10-21(13-16)17-12-18-7-5-14(17)11-19-15-3-4-15/h5,7,12,15-16,19H,1-4,6,8-11,13H2. The van der Waals surface area contributed by atoms with Crippen molar-refractivity contribution in [1.82, 2.24) is 15.2 Å². The third kappa shape index (κ3) is 3.06. The molecule has 1 aromatic rings. The predicted molar refractivity (Wildman–Crippen MR) is 85.5 cm³/mol. The summed E-state index contributed by atoms with van der Waals surface area (Å²) >= 11 is 0. The minimum atomic E-state index is 0.761. The second kappa shape index (κ2) is 5.93. The summed E-state index contributed by atoms with van der Waals surface area (Å²) in [5.41, 5.74) is 2.77. The molecule has 2 aliphatic heterocycles. The van der Waals surface area contributed by atoms with Crippen molar-refractivity contribution in [2.75, 3.05) is 31.1 Å². The molecule has 1 atom stereocenters. The molecule has 4 rings (SSSR count). The normalized spacial score (nSPS) is 26.7. The van der Waals surface area contributed by atoms with Crippen LogP contribution >= 0.6 is 0 Å². The molecule has 0 radical (unpaired) electrons. The van der Waals surface area contributed by atoms with Gasteiger partial charge < -0.3 is 10.2 Å². The third-order valence-electron chi connectivity index (χ3n) is 5.21. The van der Waals surface area contributed by atoms with Crippen molar-refractivity contribution in [1.29, 1.82) is 0 Å². The highest BCUT2D eigenvalue weighted by molar-refractivity contribution is 5.52. The van der Waals surface area contributed by atoms with Crippen LogP contribution in [0, 0.1) is 0 Å². The van der Waals surface area contributed by atoms with E-state index in [0.717, 1.165) is 18.6 Å². The summed E-state index contributed by atoms with van der Waals surface area (Å²) in [7, 11) is 0. The maximum atomic E-state index is 4.37. The number of hydrogen-bond acceptors (Lipinski definition) is 4. The fourth-order valence-corrected chi connectivity index (χ4v) is 3.76. The van der Waals surface area contributed by atoms with Crippen LogP contribution < -0.4 is 10.2 Å². The highest BCUT2D eigenvalue weighted by atomic mass is 15.3. The molecule has 0 bridgehead atoms. The minimum absolute atomic E-state index is 0.761. The summed E-state index contributed by atoms with van der Waals surface area (Å²) in [5.74, 6) is 0. The smallest absolute Gasteiger partial charge is 0.0598 e. The molecule has 3 fully saturated rings. The van der Waals surface area contributed by atoms with Crippen LogP contribution in [0.4, 0.5) is 5.69 Å². The largest absolute Gasteiger partial charge is 0.368 e. The van der Waals surface area contributed by atoms with Crippen LogP contribution in [0.1, 0.15) is 37.7 Å². The topological polar surface area (TPSA) is 31.4 Å². The van der Waals surface area contributed by atoms with Crippen LogP contribution in [-0.4, -0.2) is 48.1 Å². The number of nitrogens with one attached hydrogen (secondary N) is 1. The molecular formula is C17H26N4. The number of anilines is 1. The van der Waals surface area contributed by atoms with E-state index in [1.165, 1.54) is 69.5 Å². The summed E-state index contributed by atoms with van der Waals surface area (Å²) in [5, 5.41) is 3.64. The molecule has 0 spiro atoms. The fraction of sp³-hybridized carbons (Fsp3) is 0.706. The molecule has 1 aliphatic carbocycles. The molecule has 21 heavy (non-hydrogen) atoms. The van der Waals surface area contributed by atoms with Gasteiger partial charge in [-0.3, -0.25) is 9.88 Å². The number of likely N-dealkylation sites (tertiary alicyclic amines) is 1. The zero-order valence-corrected chi connectivity index (χ0v) is 12.8. The number of hydrogen-bond donors (Lipinski definition) is 1. The lowest BCUT2D eigenvalue weighted by Gasteiger charge is -2.25. The van der Waals surface area contributed by atoms with Crippen molar-refractivity contribution in [2.45, 2.75) is 50.7 Å². The number of pyridine rings is 1. The van der Waals surface area contributed by atoms with Crippen LogP contribution in [0.15, 0.2) is 18.5 Å². The molecule has 1 unspecified atom stereocenters. The van der Waals surface area contributed by atoms with Gasteiger partial charge in [-0.25, -0.2) is 0 Å². The minimum Gasteiger partial charge on any atom is -0.368 e. The Hall–Kier alpha value is -1.13. The van der Waals surface area contributed by atoms with Gasteiger partial charge in [-0.05, 0) is 56.8 Å². The first-order valence-corrected chi connectivity index (χ1v) is 8.55. The summed E-state index contributed by atoms with van der Waals surface area (Å²) in [6.07, 6.45) is 10.8. The van der Waals surface area contributed by atoms with E-state index >= 15 is 0 Å². The molecule has 1 aromatic heterocycles. The quantitative estimate of drug-likeness (QED) is 0.897. The van der Waals surface area contributed by atoms with E-state index in [2.05, 4.69) is 32.4 Å². The second-order valence-electron chi connectivity index (χ2n) is 6.79. The van der Waals surface area contributed by atoms with Crippen LogP contribution in [0.2, 0.25) is 0 Å². The van der Waals surface area contributed by atoms with Crippen molar-refractivity contribution >= 4 is 5.69 Å². The Morgan fingerprint density at radius 2 is 2.00 bits per heavy atom. The number of aromatic nitrogens is 1. The van der Waals surface area contributed by atoms with Crippen LogP contribution in [0.5, 0.6) is 0 Å². The predicted octanol–water partition coefficient (Wildman–Crippen LogP) is 2.01. The maximum absolute atomic E-state index is 4.37. The third-order valence-corrected chi connectivity index (χ3v) is 5.21. The van der Waals surface area contributed by atoms with Gasteiger partial charge in [0.2, 0.25) is 0 Å². The molecule has 0 amide bonds. The Morgan fingerprint density at radius 1 is 1.14 bits per heavy atom. The van der Waals surface area contributed by atoms with Crippen molar-refractivity contribution in [3.05, 3.63) is 24.0 Å². The van der Waals surface area contributed by atoms with E-state index in [1.807, 2.05) is 6.20 Å². The molecule has 2 saturated heterocycles. The first-order chi connectivity index (χ1) is 10.4. The highest BCUT2D eigenvalue weighted by Crippen LogP contribution is 2.28. The average molecular weight is 286 g/mol. The molecule has 1 N–H and O–H groups in total. The van der Waals surface area contributed by atoms with E-state index in [1.54, 1.807) is 0 Å². The fourth-order valence-electron chi connectivity index (χ4n) is 3.76. The van der Waals surface area contributed by atoms with Crippen molar-refractivity contribution < 1.29 is 0 Å². The van der Waals surface area contributed by atoms with Gasteiger partial charge in [0, 0.05) is 37.9 Å². The number of rotatable bonds is 5. The SMILES string of the molecule is c1cc(CNC2CC2)c(N2CCC(N3CCCC3)C2)cn1. The van der Waals surface area contributed by atoms with Crippen molar-refractivity contribution in [3.63, 3.8) is 0 Å². The summed E-state index contributed by atoms with van der Waals surface area (Å²) in [6, 6.07) is 3.72. The zero-order chi connectivity index (χ0) is 14.1. The first kappa shape index (κ1) is 13.5. The van der Waals surface area contributed by atoms with E-state index in [-0.39, 0.29) is 0 Å². The first-order valence-electron chi connectivity index (χ1n) is 8.55. The Kier molecular flexibility index (Phi) is 3.82. The summed E-state index contributed by atoms with van der Waals surface area (Å²) in [4.78, 5) is 9.62. The molecular weight excluding hydrogens is 260 g/mol. The van der Waals surface area contributed by atoms with Gasteiger partial charge in [0.15, 0.2) is 0 Å². The van der Waals surface area contributed by atoms with Crippen LogP contribution in [0.3, 0.4) is 0 Å². The molecule has 0 aromatic carbocycles. The van der Waals surface area contributed by atoms with E-state index in [0.29, 0.717) is 0 Å². The van der Waals surface area contributed by atoms with Gasteiger partial charge in [-0.15, -0.1) is 0 Å². The monoisotopic (exact) mass is 286 g/mol. The molecule has 4 heteroatoms. The number of nitrogens with zero attached hydrogens (tertiary/aromatic N) is 3. The van der Waals surface area contributed by atoms with Crippen molar-refractivity contribution in [2.24, 2.45) is 0 Å². The molecule has 3 aliphatic rings. The van der Waals surface area contributed by atoms with Gasteiger partial charge >= 0.3 is 0 Å². The zero-order valence-electron chi connectivity index (χ0n) is 12.8. The maximum Gasteiger partial charge on any atom is 0.0598 e. The average Bonchev–Trinajstić information content (AvgIpc) is 3.01. The van der Waals surface area contributed by atoms with Crippen LogP contribution in [0.25, 0.3) is 0 Å². The molecule has 114 valence electrons. The second-order valence-corrected chi connectivity index (χ2v) is 6.79. The molecule has 4 nitrogen and oxygen atoms in total. The Bertz CT molecular complexity index is 479. The van der Waals surface area contributed by atoms with Gasteiger partial charge in [0.25, 0.3) is 0 Å². The lowest BCUT2D eigenvalue weighted by molar-refractivity contribution is 0.260. The van der Waals surface area contributed by atoms with Crippen LogP contribution in [-0.2, 0) is 6.54 Å². The van der Waals surface area contributed by atoms with Gasteiger partial charge in [-0.1, -0.05) is 0 Å². The Morgan fingerprint density at radius 3 is 2.81 bits per heavy atom. The highest BCUT2D eigenvalue weighted by Gasteiger charge is 2.30. The van der Waals surface area contributed by atoms with Gasteiger partial charge in [0.05, 0.1) is 11.9 Å². The Labute approximate surface area is 127 Å². The van der Waals surface area contributed by atoms with E-state index in [4.69, 9.17) is 0 Å². The lowest BCUT2D eigenvalue weighted by Crippen LogP contribution is -2.35. The summed E-state index contributed by atoms with van der Waals surface area (Å²) in [6.45, 7) is 5.97. The molecule has 3 heterocycles. The Balaban J connectivity index is 1.43. The molecule has 1 saturated carbocycles. The van der Waals surface area contributed by atoms with E-state index < -0.39 is 0 Å². The van der Waals surface area contributed by atoms with Gasteiger partial charge in [0.1, 0.15) is 0 Å². The lowest BCUT2D eigenvalue weighted by atomic mass is 10.2. The summed E-state index contributed by atoms with van der Waals surface area (Å²) < 4.78 is 0.